The highest BCUT2D eigenvalue weighted by Crippen LogP contribution is 2.16. The van der Waals surface area contributed by atoms with Gasteiger partial charge in [-0.25, -0.2) is 0 Å². The first kappa shape index (κ1) is 11.0. The van der Waals surface area contributed by atoms with Crippen LogP contribution in [0.15, 0.2) is 24.4 Å². The quantitative estimate of drug-likeness (QED) is 0.797. The Labute approximate surface area is 89.1 Å². The molecule has 0 spiro atoms. The maximum absolute atomic E-state index is 5.75. The van der Waals surface area contributed by atoms with Gasteiger partial charge in [-0.15, -0.1) is 12.4 Å². The lowest BCUT2D eigenvalue weighted by molar-refractivity contribution is 0.742. The van der Waals surface area contributed by atoms with Crippen LogP contribution >= 0.6 is 12.4 Å². The molecule has 0 radical (unpaired) electrons. The Morgan fingerprint density at radius 3 is 3.00 bits per heavy atom. The molecule has 1 heterocycles. The van der Waals surface area contributed by atoms with Gasteiger partial charge in [0.1, 0.15) is 0 Å². The number of nitrogens with zero attached hydrogens (tertiary/aromatic N) is 1. The third kappa shape index (κ3) is 2.05. The normalized spacial score (nSPS) is 12.4. The minimum atomic E-state index is 0. The Bertz CT molecular complexity index is 408. The SMILES string of the molecule is C[C@H](N)Cc1cccc2[nH]ncc12.Cl. The van der Waals surface area contributed by atoms with Gasteiger partial charge in [-0.2, -0.15) is 5.10 Å². The van der Waals surface area contributed by atoms with Crippen LogP contribution < -0.4 is 5.73 Å². The molecule has 0 saturated carbocycles. The predicted octanol–water partition coefficient (Wildman–Crippen LogP) is 1.87. The molecule has 3 N–H and O–H groups in total. The van der Waals surface area contributed by atoms with Crippen molar-refractivity contribution in [2.75, 3.05) is 0 Å². The van der Waals surface area contributed by atoms with Crippen molar-refractivity contribution in [2.45, 2.75) is 19.4 Å². The summed E-state index contributed by atoms with van der Waals surface area (Å²) in [6, 6.07) is 6.34. The fourth-order valence-electron chi connectivity index (χ4n) is 1.55. The molecule has 76 valence electrons. The molecular weight excluding hydrogens is 198 g/mol. The molecule has 0 unspecified atom stereocenters. The van der Waals surface area contributed by atoms with Gasteiger partial charge in [0.05, 0.1) is 11.7 Å². The lowest BCUT2D eigenvalue weighted by atomic mass is 10.0. The van der Waals surface area contributed by atoms with Gasteiger partial charge in [0.2, 0.25) is 0 Å². The first-order chi connectivity index (χ1) is 6.27. The molecule has 1 aromatic carbocycles. The molecule has 0 fully saturated rings. The summed E-state index contributed by atoms with van der Waals surface area (Å²) in [4.78, 5) is 0. The standard InChI is InChI=1S/C10H13N3.ClH/c1-7(11)5-8-3-2-4-10-9(8)6-12-13-10;/h2-4,6-7H,5,11H2,1H3,(H,12,13);1H/t7-;/m0./s1. The van der Waals surface area contributed by atoms with E-state index in [-0.39, 0.29) is 18.4 Å². The van der Waals surface area contributed by atoms with E-state index in [1.165, 1.54) is 10.9 Å². The summed E-state index contributed by atoms with van der Waals surface area (Å²) >= 11 is 0. The van der Waals surface area contributed by atoms with Crippen LogP contribution in [0.25, 0.3) is 10.9 Å². The maximum Gasteiger partial charge on any atom is 0.0653 e. The van der Waals surface area contributed by atoms with Gasteiger partial charge in [-0.05, 0) is 25.0 Å². The molecule has 2 aromatic rings. The van der Waals surface area contributed by atoms with E-state index in [0.717, 1.165) is 11.9 Å². The summed E-state index contributed by atoms with van der Waals surface area (Å²) in [5, 5.41) is 8.13. The average Bonchev–Trinajstić information content (AvgIpc) is 2.51. The van der Waals surface area contributed by atoms with Crippen molar-refractivity contribution in [3.05, 3.63) is 30.0 Å². The first-order valence-corrected chi connectivity index (χ1v) is 4.44. The van der Waals surface area contributed by atoms with Gasteiger partial charge in [0, 0.05) is 11.4 Å². The molecular formula is C10H14ClN3. The van der Waals surface area contributed by atoms with Crippen molar-refractivity contribution >= 4 is 23.3 Å². The number of nitrogens with two attached hydrogens (primary N) is 1. The predicted molar refractivity (Wildman–Crippen MR) is 60.7 cm³/mol. The second-order valence-electron chi connectivity index (χ2n) is 3.43. The lowest BCUT2D eigenvalue weighted by Gasteiger charge is -2.05. The second-order valence-corrected chi connectivity index (χ2v) is 3.43. The second kappa shape index (κ2) is 4.44. The van der Waals surface area contributed by atoms with Crippen LogP contribution in [-0.4, -0.2) is 16.2 Å². The van der Waals surface area contributed by atoms with Gasteiger partial charge < -0.3 is 5.73 Å². The third-order valence-corrected chi connectivity index (χ3v) is 2.12. The molecule has 0 amide bonds. The number of fused-ring (bicyclic) bond motifs is 1. The summed E-state index contributed by atoms with van der Waals surface area (Å²) in [5.74, 6) is 0. The maximum atomic E-state index is 5.75. The Kier molecular flexibility index (Phi) is 3.49. The van der Waals surface area contributed by atoms with E-state index in [1.807, 2.05) is 25.3 Å². The fourth-order valence-corrected chi connectivity index (χ4v) is 1.55. The van der Waals surface area contributed by atoms with E-state index in [9.17, 15) is 0 Å². The summed E-state index contributed by atoms with van der Waals surface area (Å²) < 4.78 is 0. The molecule has 0 aliphatic heterocycles. The van der Waals surface area contributed by atoms with Crippen molar-refractivity contribution < 1.29 is 0 Å². The van der Waals surface area contributed by atoms with Crippen LogP contribution in [0.1, 0.15) is 12.5 Å². The Balaban J connectivity index is 0.000000980. The van der Waals surface area contributed by atoms with Crippen molar-refractivity contribution in [1.29, 1.82) is 0 Å². The molecule has 14 heavy (non-hydrogen) atoms. The number of hydrogen-bond acceptors (Lipinski definition) is 2. The molecule has 4 heteroatoms. The molecule has 3 nitrogen and oxygen atoms in total. The molecule has 0 saturated heterocycles. The van der Waals surface area contributed by atoms with Gasteiger partial charge in [0.25, 0.3) is 0 Å². The number of hydrogen-bond donors (Lipinski definition) is 2. The van der Waals surface area contributed by atoms with Gasteiger partial charge >= 0.3 is 0 Å². The lowest BCUT2D eigenvalue weighted by Crippen LogP contribution is -2.17. The Morgan fingerprint density at radius 2 is 2.29 bits per heavy atom. The van der Waals surface area contributed by atoms with Crippen molar-refractivity contribution in [2.24, 2.45) is 5.73 Å². The summed E-state index contributed by atoms with van der Waals surface area (Å²) in [5.41, 5.74) is 8.10. The number of halogens is 1. The zero-order valence-electron chi connectivity index (χ0n) is 8.03. The van der Waals surface area contributed by atoms with Crippen LogP contribution in [0.5, 0.6) is 0 Å². The minimum Gasteiger partial charge on any atom is -0.328 e. The number of aromatic amines is 1. The molecule has 1 atom stereocenters. The zero-order valence-corrected chi connectivity index (χ0v) is 8.84. The van der Waals surface area contributed by atoms with Crippen LogP contribution in [0.2, 0.25) is 0 Å². The topological polar surface area (TPSA) is 54.7 Å². The highest BCUT2D eigenvalue weighted by Gasteiger charge is 2.03. The van der Waals surface area contributed by atoms with E-state index in [1.54, 1.807) is 0 Å². The first-order valence-electron chi connectivity index (χ1n) is 4.44. The number of H-pyrrole nitrogens is 1. The average molecular weight is 212 g/mol. The molecule has 0 bridgehead atoms. The summed E-state index contributed by atoms with van der Waals surface area (Å²) in [6.45, 7) is 2.01. The highest BCUT2D eigenvalue weighted by atomic mass is 35.5. The van der Waals surface area contributed by atoms with E-state index in [0.29, 0.717) is 0 Å². The molecule has 1 aromatic heterocycles. The van der Waals surface area contributed by atoms with Gasteiger partial charge in [-0.3, -0.25) is 5.10 Å². The van der Waals surface area contributed by atoms with Crippen LogP contribution in [-0.2, 0) is 6.42 Å². The summed E-state index contributed by atoms with van der Waals surface area (Å²) in [7, 11) is 0. The largest absolute Gasteiger partial charge is 0.328 e. The van der Waals surface area contributed by atoms with Crippen molar-refractivity contribution in [1.82, 2.24) is 10.2 Å². The highest BCUT2D eigenvalue weighted by molar-refractivity contribution is 5.85. The number of rotatable bonds is 2. The number of nitrogens with one attached hydrogen (secondary N) is 1. The molecule has 0 aliphatic carbocycles. The van der Waals surface area contributed by atoms with Gasteiger partial charge in [0.15, 0.2) is 0 Å². The smallest absolute Gasteiger partial charge is 0.0653 e. The Hall–Kier alpha value is -1.06. The fraction of sp³-hybridized carbons (Fsp3) is 0.300. The monoisotopic (exact) mass is 211 g/mol. The molecule has 2 rings (SSSR count). The van der Waals surface area contributed by atoms with E-state index in [2.05, 4.69) is 16.3 Å². The third-order valence-electron chi connectivity index (χ3n) is 2.12. The zero-order chi connectivity index (χ0) is 9.26. The van der Waals surface area contributed by atoms with Crippen LogP contribution in [0.3, 0.4) is 0 Å². The van der Waals surface area contributed by atoms with Crippen molar-refractivity contribution in [3.63, 3.8) is 0 Å². The summed E-state index contributed by atoms with van der Waals surface area (Å²) in [6.07, 6.45) is 2.75. The van der Waals surface area contributed by atoms with Crippen LogP contribution in [0, 0.1) is 0 Å². The van der Waals surface area contributed by atoms with Crippen molar-refractivity contribution in [3.8, 4) is 0 Å². The number of benzene rings is 1. The van der Waals surface area contributed by atoms with E-state index < -0.39 is 0 Å². The van der Waals surface area contributed by atoms with Crippen LogP contribution in [0.4, 0.5) is 0 Å². The minimum absolute atomic E-state index is 0. The van der Waals surface area contributed by atoms with Gasteiger partial charge in [-0.1, -0.05) is 12.1 Å². The van der Waals surface area contributed by atoms with E-state index >= 15 is 0 Å². The van der Waals surface area contributed by atoms with E-state index in [4.69, 9.17) is 5.73 Å². The molecule has 0 aliphatic rings. The number of aromatic nitrogens is 2. The Morgan fingerprint density at radius 1 is 1.50 bits per heavy atom.